The first-order chi connectivity index (χ1) is 12.3. The van der Waals surface area contributed by atoms with Crippen LogP contribution in [0, 0.1) is 6.92 Å². The van der Waals surface area contributed by atoms with Crippen LogP contribution < -0.4 is 10.2 Å². The van der Waals surface area contributed by atoms with Gasteiger partial charge in [-0.2, -0.15) is 4.98 Å². The van der Waals surface area contributed by atoms with Crippen molar-refractivity contribution in [2.75, 3.05) is 23.3 Å². The van der Waals surface area contributed by atoms with Crippen LogP contribution in [0.1, 0.15) is 18.4 Å². The minimum absolute atomic E-state index is 0.651. The van der Waals surface area contributed by atoms with E-state index in [1.165, 1.54) is 18.4 Å². The van der Waals surface area contributed by atoms with Gasteiger partial charge in [0.25, 0.3) is 0 Å². The summed E-state index contributed by atoms with van der Waals surface area (Å²) in [5, 5.41) is 3.40. The van der Waals surface area contributed by atoms with E-state index in [2.05, 4.69) is 47.5 Å². The van der Waals surface area contributed by atoms with Crippen LogP contribution in [-0.2, 0) is 0 Å². The van der Waals surface area contributed by atoms with Crippen LogP contribution >= 0.6 is 0 Å². The summed E-state index contributed by atoms with van der Waals surface area (Å²) in [5.74, 6) is 1.65. The van der Waals surface area contributed by atoms with Gasteiger partial charge >= 0.3 is 0 Å². The molecule has 25 heavy (non-hydrogen) atoms. The fourth-order valence-electron chi connectivity index (χ4n) is 3.19. The van der Waals surface area contributed by atoms with E-state index in [-0.39, 0.29) is 0 Å². The molecule has 3 aromatic rings. The number of rotatable bonds is 4. The van der Waals surface area contributed by atoms with E-state index in [4.69, 9.17) is 9.97 Å². The standard InChI is InChI=1S/C21H22N4/c1-16-9-5-6-12-18(16)22-21-23-19(17-10-3-2-4-11-17)15-20(24-21)25-13-7-8-14-25/h2-6,9-12,15H,7-8,13-14H2,1H3,(H,22,23,24). The summed E-state index contributed by atoms with van der Waals surface area (Å²) < 4.78 is 0. The van der Waals surface area contributed by atoms with Gasteiger partial charge in [0.15, 0.2) is 0 Å². The van der Waals surface area contributed by atoms with Crippen LogP contribution in [0.5, 0.6) is 0 Å². The maximum atomic E-state index is 4.78. The molecule has 2 aromatic carbocycles. The second kappa shape index (κ2) is 6.93. The second-order valence-electron chi connectivity index (χ2n) is 6.44. The molecule has 0 unspecified atom stereocenters. The molecule has 0 saturated carbocycles. The van der Waals surface area contributed by atoms with E-state index in [1.54, 1.807) is 0 Å². The SMILES string of the molecule is Cc1ccccc1Nc1nc(-c2ccccc2)cc(N2CCCC2)n1. The Balaban J connectivity index is 1.74. The second-order valence-corrected chi connectivity index (χ2v) is 6.44. The molecule has 0 atom stereocenters. The number of hydrogen-bond acceptors (Lipinski definition) is 4. The molecule has 1 aliphatic rings. The molecule has 1 fully saturated rings. The maximum Gasteiger partial charge on any atom is 0.229 e. The van der Waals surface area contributed by atoms with Gasteiger partial charge in [-0.3, -0.25) is 0 Å². The average molecular weight is 330 g/mol. The molecular formula is C21H22N4. The lowest BCUT2D eigenvalue weighted by atomic mass is 10.1. The first-order valence-corrected chi connectivity index (χ1v) is 8.82. The molecule has 1 aromatic heterocycles. The fraction of sp³-hybridized carbons (Fsp3) is 0.238. The number of aryl methyl sites for hydroxylation is 1. The maximum absolute atomic E-state index is 4.78. The minimum Gasteiger partial charge on any atom is -0.356 e. The third-order valence-electron chi connectivity index (χ3n) is 4.60. The van der Waals surface area contributed by atoms with Gasteiger partial charge < -0.3 is 10.2 Å². The van der Waals surface area contributed by atoms with Crippen molar-refractivity contribution >= 4 is 17.5 Å². The van der Waals surface area contributed by atoms with Crippen LogP contribution in [0.25, 0.3) is 11.3 Å². The Morgan fingerprint density at radius 3 is 2.36 bits per heavy atom. The van der Waals surface area contributed by atoms with Crippen molar-refractivity contribution in [3.8, 4) is 11.3 Å². The Labute approximate surface area is 148 Å². The molecule has 1 saturated heterocycles. The van der Waals surface area contributed by atoms with E-state index in [0.29, 0.717) is 5.95 Å². The molecule has 0 aliphatic carbocycles. The Morgan fingerprint density at radius 2 is 1.60 bits per heavy atom. The normalized spacial score (nSPS) is 13.9. The predicted octanol–water partition coefficient (Wildman–Crippen LogP) is 4.80. The molecule has 0 spiro atoms. The quantitative estimate of drug-likeness (QED) is 0.746. The van der Waals surface area contributed by atoms with E-state index < -0.39 is 0 Å². The number of benzene rings is 2. The summed E-state index contributed by atoms with van der Waals surface area (Å²) in [6.07, 6.45) is 2.45. The van der Waals surface area contributed by atoms with Crippen LogP contribution in [0.15, 0.2) is 60.7 Å². The number of aromatic nitrogens is 2. The molecule has 2 heterocycles. The highest BCUT2D eigenvalue weighted by atomic mass is 15.2. The summed E-state index contributed by atoms with van der Waals surface area (Å²) in [5.41, 5.74) is 4.28. The minimum atomic E-state index is 0.651. The molecule has 4 nitrogen and oxygen atoms in total. The summed E-state index contributed by atoms with van der Waals surface area (Å²) in [7, 11) is 0. The van der Waals surface area contributed by atoms with Gasteiger partial charge in [-0.15, -0.1) is 0 Å². The topological polar surface area (TPSA) is 41.1 Å². The van der Waals surface area contributed by atoms with E-state index >= 15 is 0 Å². The molecule has 0 amide bonds. The monoisotopic (exact) mass is 330 g/mol. The molecule has 0 radical (unpaired) electrons. The molecule has 1 N–H and O–H groups in total. The van der Waals surface area contributed by atoms with Crippen molar-refractivity contribution in [2.24, 2.45) is 0 Å². The van der Waals surface area contributed by atoms with E-state index in [9.17, 15) is 0 Å². The number of nitrogens with zero attached hydrogens (tertiary/aromatic N) is 3. The van der Waals surface area contributed by atoms with Crippen molar-refractivity contribution in [1.29, 1.82) is 0 Å². The molecule has 4 rings (SSSR count). The van der Waals surface area contributed by atoms with Crippen molar-refractivity contribution in [3.63, 3.8) is 0 Å². The van der Waals surface area contributed by atoms with Crippen LogP contribution in [0.2, 0.25) is 0 Å². The molecule has 0 bridgehead atoms. The lowest BCUT2D eigenvalue weighted by molar-refractivity contribution is 0.931. The summed E-state index contributed by atoms with van der Waals surface area (Å²) >= 11 is 0. The lowest BCUT2D eigenvalue weighted by Crippen LogP contribution is -2.19. The highest BCUT2D eigenvalue weighted by molar-refractivity contribution is 5.67. The Kier molecular flexibility index (Phi) is 4.34. The van der Waals surface area contributed by atoms with Gasteiger partial charge in [0.1, 0.15) is 5.82 Å². The van der Waals surface area contributed by atoms with Crippen LogP contribution in [0.3, 0.4) is 0 Å². The fourth-order valence-corrected chi connectivity index (χ4v) is 3.19. The first kappa shape index (κ1) is 15.6. The lowest BCUT2D eigenvalue weighted by Gasteiger charge is -2.19. The molecule has 4 heteroatoms. The number of hydrogen-bond donors (Lipinski definition) is 1. The van der Waals surface area contributed by atoms with Crippen molar-refractivity contribution in [2.45, 2.75) is 19.8 Å². The summed E-state index contributed by atoms with van der Waals surface area (Å²) in [6.45, 7) is 4.22. The third-order valence-corrected chi connectivity index (χ3v) is 4.60. The molecular weight excluding hydrogens is 308 g/mol. The number of nitrogens with one attached hydrogen (secondary N) is 1. The van der Waals surface area contributed by atoms with Gasteiger partial charge in [0.2, 0.25) is 5.95 Å². The third kappa shape index (κ3) is 3.48. The predicted molar refractivity (Wildman–Crippen MR) is 103 cm³/mol. The number of anilines is 3. The molecule has 1 aliphatic heterocycles. The highest BCUT2D eigenvalue weighted by Gasteiger charge is 2.16. The Morgan fingerprint density at radius 1 is 0.880 bits per heavy atom. The Bertz CT molecular complexity index is 855. The van der Waals surface area contributed by atoms with Gasteiger partial charge in [0, 0.05) is 30.4 Å². The van der Waals surface area contributed by atoms with Gasteiger partial charge in [-0.25, -0.2) is 4.98 Å². The van der Waals surface area contributed by atoms with E-state index in [0.717, 1.165) is 35.9 Å². The van der Waals surface area contributed by atoms with Crippen LogP contribution in [-0.4, -0.2) is 23.1 Å². The van der Waals surface area contributed by atoms with Gasteiger partial charge in [-0.1, -0.05) is 48.5 Å². The van der Waals surface area contributed by atoms with Crippen molar-refractivity contribution in [3.05, 3.63) is 66.2 Å². The zero-order valence-electron chi connectivity index (χ0n) is 14.4. The van der Waals surface area contributed by atoms with Crippen LogP contribution in [0.4, 0.5) is 17.5 Å². The van der Waals surface area contributed by atoms with Gasteiger partial charge in [-0.05, 0) is 31.4 Å². The van der Waals surface area contributed by atoms with E-state index in [1.807, 2.05) is 30.3 Å². The first-order valence-electron chi connectivity index (χ1n) is 8.82. The smallest absolute Gasteiger partial charge is 0.229 e. The summed E-state index contributed by atoms with van der Waals surface area (Å²) in [4.78, 5) is 11.9. The zero-order chi connectivity index (χ0) is 17.1. The average Bonchev–Trinajstić information content (AvgIpc) is 3.19. The van der Waals surface area contributed by atoms with Gasteiger partial charge in [0.05, 0.1) is 5.69 Å². The van der Waals surface area contributed by atoms with Crippen molar-refractivity contribution < 1.29 is 0 Å². The number of para-hydroxylation sites is 1. The summed E-state index contributed by atoms with van der Waals surface area (Å²) in [6, 6.07) is 20.6. The zero-order valence-corrected chi connectivity index (χ0v) is 14.4. The highest BCUT2D eigenvalue weighted by Crippen LogP contribution is 2.27. The molecule has 126 valence electrons. The Hall–Kier alpha value is -2.88. The largest absolute Gasteiger partial charge is 0.356 e. The van der Waals surface area contributed by atoms with Crippen molar-refractivity contribution in [1.82, 2.24) is 9.97 Å².